The van der Waals surface area contributed by atoms with Crippen molar-refractivity contribution in [3.8, 4) is 0 Å². The molecule has 0 unspecified atom stereocenters. The third kappa shape index (κ3) is 2.02. The molecule has 0 aromatic carbocycles. The van der Waals surface area contributed by atoms with Crippen molar-refractivity contribution in [2.45, 2.75) is 10.2 Å². The first-order chi connectivity index (χ1) is 6.75. The van der Waals surface area contributed by atoms with Crippen molar-refractivity contribution in [2.75, 3.05) is 0 Å². The molecule has 0 bridgehead atoms. The summed E-state index contributed by atoms with van der Waals surface area (Å²) in [5, 5.41) is 13.4. The number of aryl methyl sites for hydroxylation is 1. The molecule has 0 amide bonds. The molecule has 14 heavy (non-hydrogen) atoms. The molecule has 5 nitrogen and oxygen atoms in total. The molecular formula is C7H6ClN5S. The maximum absolute atomic E-state index is 5.61. The molecule has 0 radical (unpaired) electrons. The van der Waals surface area contributed by atoms with E-state index in [2.05, 4.69) is 20.3 Å². The van der Waals surface area contributed by atoms with Crippen LogP contribution in [-0.2, 0) is 7.05 Å². The van der Waals surface area contributed by atoms with E-state index in [0.717, 1.165) is 10.2 Å². The molecule has 0 saturated carbocycles. The summed E-state index contributed by atoms with van der Waals surface area (Å²) >= 11 is 7.00. The number of aromatic nitrogens is 5. The van der Waals surface area contributed by atoms with Gasteiger partial charge in [0.05, 0.1) is 0 Å². The highest BCUT2D eigenvalue weighted by atomic mass is 35.5. The highest BCUT2D eigenvalue weighted by Gasteiger charge is 2.04. The molecule has 72 valence electrons. The molecule has 0 aliphatic heterocycles. The summed E-state index contributed by atoms with van der Waals surface area (Å²) in [6.07, 6.45) is 1.49. The van der Waals surface area contributed by atoms with Crippen molar-refractivity contribution in [1.82, 2.24) is 25.0 Å². The molecule has 0 aliphatic carbocycles. The van der Waals surface area contributed by atoms with Gasteiger partial charge in [-0.15, -0.1) is 10.2 Å². The molecule has 0 N–H and O–H groups in total. The van der Waals surface area contributed by atoms with Gasteiger partial charge in [-0.1, -0.05) is 11.6 Å². The summed E-state index contributed by atoms with van der Waals surface area (Å²) in [5.74, 6) is 0. The smallest absolute Gasteiger partial charge is 0.192 e. The van der Waals surface area contributed by atoms with Crippen molar-refractivity contribution < 1.29 is 0 Å². The van der Waals surface area contributed by atoms with Crippen LogP contribution in [-0.4, -0.2) is 25.0 Å². The Balaban J connectivity index is 2.19. The van der Waals surface area contributed by atoms with E-state index >= 15 is 0 Å². The van der Waals surface area contributed by atoms with Gasteiger partial charge >= 0.3 is 0 Å². The van der Waals surface area contributed by atoms with E-state index in [-0.39, 0.29) is 0 Å². The third-order valence-corrected chi connectivity index (χ3v) is 2.65. The Labute approximate surface area is 89.5 Å². The average molecular weight is 228 g/mol. The second-order valence-electron chi connectivity index (χ2n) is 2.46. The molecular weight excluding hydrogens is 222 g/mol. The highest BCUT2D eigenvalue weighted by molar-refractivity contribution is 7.99. The SMILES string of the molecule is Cn1ncnc1Sc1ccc(Cl)nn1. The van der Waals surface area contributed by atoms with Crippen molar-refractivity contribution >= 4 is 23.4 Å². The summed E-state index contributed by atoms with van der Waals surface area (Å²) in [5.41, 5.74) is 0. The molecule has 0 atom stereocenters. The summed E-state index contributed by atoms with van der Waals surface area (Å²) in [6, 6.07) is 3.47. The van der Waals surface area contributed by atoms with E-state index in [1.54, 1.807) is 16.8 Å². The Hall–Kier alpha value is -1.14. The van der Waals surface area contributed by atoms with Gasteiger partial charge < -0.3 is 0 Å². The largest absolute Gasteiger partial charge is 0.244 e. The topological polar surface area (TPSA) is 56.5 Å². The van der Waals surface area contributed by atoms with Gasteiger partial charge in [0.2, 0.25) is 0 Å². The summed E-state index contributed by atoms with van der Waals surface area (Å²) in [6.45, 7) is 0. The molecule has 2 rings (SSSR count). The molecule has 0 fully saturated rings. The first kappa shape index (κ1) is 9.42. The third-order valence-electron chi connectivity index (χ3n) is 1.47. The number of hydrogen-bond acceptors (Lipinski definition) is 5. The number of nitrogens with zero attached hydrogens (tertiary/aromatic N) is 5. The first-order valence-corrected chi connectivity index (χ1v) is 4.96. The van der Waals surface area contributed by atoms with E-state index in [1.165, 1.54) is 18.1 Å². The zero-order valence-electron chi connectivity index (χ0n) is 7.25. The number of hydrogen-bond donors (Lipinski definition) is 0. The molecule has 7 heteroatoms. The van der Waals surface area contributed by atoms with Crippen molar-refractivity contribution in [1.29, 1.82) is 0 Å². The Bertz CT molecular complexity index is 426. The van der Waals surface area contributed by atoms with Crippen molar-refractivity contribution in [2.24, 2.45) is 7.05 Å². The van der Waals surface area contributed by atoms with Crippen LogP contribution in [0.15, 0.2) is 28.6 Å². The zero-order valence-corrected chi connectivity index (χ0v) is 8.83. The lowest BCUT2D eigenvalue weighted by Crippen LogP contribution is -1.93. The van der Waals surface area contributed by atoms with Crippen LogP contribution in [0.2, 0.25) is 5.15 Å². The molecule has 2 aromatic heterocycles. The van der Waals surface area contributed by atoms with Gasteiger partial charge in [0.25, 0.3) is 0 Å². The Morgan fingerprint density at radius 3 is 2.79 bits per heavy atom. The van der Waals surface area contributed by atoms with Crippen LogP contribution in [0.25, 0.3) is 0 Å². The predicted octanol–water partition coefficient (Wildman–Crippen LogP) is 1.41. The van der Waals surface area contributed by atoms with Crippen molar-refractivity contribution in [3.63, 3.8) is 0 Å². The second kappa shape index (κ2) is 3.93. The highest BCUT2D eigenvalue weighted by Crippen LogP contribution is 2.22. The fourth-order valence-electron chi connectivity index (χ4n) is 0.830. The summed E-state index contributed by atoms with van der Waals surface area (Å²) in [4.78, 5) is 4.05. The van der Waals surface area contributed by atoms with E-state index < -0.39 is 0 Å². The van der Waals surface area contributed by atoms with Gasteiger partial charge in [-0.2, -0.15) is 5.10 Å². The fourth-order valence-corrected chi connectivity index (χ4v) is 1.61. The maximum Gasteiger partial charge on any atom is 0.192 e. The van der Waals surface area contributed by atoms with E-state index in [1.807, 2.05) is 7.05 Å². The van der Waals surface area contributed by atoms with Gasteiger partial charge in [0.15, 0.2) is 10.3 Å². The van der Waals surface area contributed by atoms with Crippen LogP contribution >= 0.6 is 23.4 Å². The minimum Gasteiger partial charge on any atom is -0.244 e. The molecule has 2 aromatic rings. The Kier molecular flexibility index (Phi) is 2.64. The normalized spacial score (nSPS) is 10.4. The van der Waals surface area contributed by atoms with Gasteiger partial charge in [-0.05, 0) is 23.9 Å². The van der Waals surface area contributed by atoms with Gasteiger partial charge in [0, 0.05) is 7.05 Å². The van der Waals surface area contributed by atoms with Crippen LogP contribution in [0, 0.1) is 0 Å². The molecule has 0 spiro atoms. The Morgan fingerprint density at radius 2 is 2.21 bits per heavy atom. The standard InChI is InChI=1S/C7H6ClN5S/c1-13-7(9-4-10-13)14-6-3-2-5(8)11-12-6/h2-4H,1H3. The Morgan fingerprint density at radius 1 is 1.36 bits per heavy atom. The van der Waals surface area contributed by atoms with Gasteiger partial charge in [0.1, 0.15) is 11.4 Å². The lowest BCUT2D eigenvalue weighted by atomic mass is 10.6. The zero-order chi connectivity index (χ0) is 9.97. The predicted molar refractivity (Wildman–Crippen MR) is 52.2 cm³/mol. The first-order valence-electron chi connectivity index (χ1n) is 3.77. The van der Waals surface area contributed by atoms with E-state index in [4.69, 9.17) is 11.6 Å². The number of rotatable bonds is 2. The minimum atomic E-state index is 0.382. The number of halogens is 1. The molecule has 0 aliphatic rings. The van der Waals surface area contributed by atoms with E-state index in [9.17, 15) is 0 Å². The van der Waals surface area contributed by atoms with Gasteiger partial charge in [-0.25, -0.2) is 9.67 Å². The van der Waals surface area contributed by atoms with E-state index in [0.29, 0.717) is 5.15 Å². The van der Waals surface area contributed by atoms with Crippen LogP contribution in [0.3, 0.4) is 0 Å². The minimum absolute atomic E-state index is 0.382. The van der Waals surface area contributed by atoms with Crippen LogP contribution in [0.1, 0.15) is 0 Å². The summed E-state index contributed by atoms with van der Waals surface area (Å²) in [7, 11) is 1.82. The lowest BCUT2D eigenvalue weighted by Gasteiger charge is -1.97. The van der Waals surface area contributed by atoms with Crippen molar-refractivity contribution in [3.05, 3.63) is 23.6 Å². The quantitative estimate of drug-likeness (QED) is 0.777. The monoisotopic (exact) mass is 227 g/mol. The fraction of sp³-hybridized carbons (Fsp3) is 0.143. The lowest BCUT2D eigenvalue weighted by molar-refractivity contribution is 0.684. The second-order valence-corrected chi connectivity index (χ2v) is 3.84. The molecule has 2 heterocycles. The average Bonchev–Trinajstić information content (AvgIpc) is 2.56. The molecule has 0 saturated heterocycles. The van der Waals surface area contributed by atoms with Gasteiger partial charge in [-0.3, -0.25) is 0 Å². The van der Waals surface area contributed by atoms with Crippen LogP contribution < -0.4 is 0 Å². The van der Waals surface area contributed by atoms with Crippen LogP contribution in [0.5, 0.6) is 0 Å². The summed E-state index contributed by atoms with van der Waals surface area (Å²) < 4.78 is 1.67. The van der Waals surface area contributed by atoms with Crippen LogP contribution in [0.4, 0.5) is 0 Å². The maximum atomic E-state index is 5.61.